The monoisotopic (exact) mass is 281 g/mol. The minimum absolute atomic E-state index is 0.0547. The van der Waals surface area contributed by atoms with Gasteiger partial charge in [0, 0.05) is 19.1 Å². The maximum atomic E-state index is 12.6. The van der Waals surface area contributed by atoms with Gasteiger partial charge in [-0.05, 0) is 19.8 Å². The molecule has 20 heavy (non-hydrogen) atoms. The Labute approximate surface area is 117 Å². The Hall–Kier alpha value is -1.47. The fraction of sp³-hybridized carbons (Fsp3) is 0.769. The van der Waals surface area contributed by atoms with Crippen molar-refractivity contribution in [3.8, 4) is 0 Å². The van der Waals surface area contributed by atoms with Gasteiger partial charge in [0.05, 0.1) is 19.3 Å². The molecule has 2 fully saturated rings. The van der Waals surface area contributed by atoms with Crippen molar-refractivity contribution in [1.29, 1.82) is 0 Å². The van der Waals surface area contributed by atoms with Gasteiger partial charge in [-0.25, -0.2) is 0 Å². The average molecular weight is 281 g/mol. The van der Waals surface area contributed by atoms with Crippen molar-refractivity contribution in [2.45, 2.75) is 31.9 Å². The number of ether oxygens (including phenoxy) is 2. The normalized spacial score (nSPS) is 30.1. The predicted octanol–water partition coefficient (Wildman–Crippen LogP) is 0.785. The summed E-state index contributed by atoms with van der Waals surface area (Å²) < 4.78 is 15.7. The molecule has 2 heterocycles. The highest BCUT2D eigenvalue weighted by atomic mass is 16.5. The molecule has 1 aromatic rings. The molecule has 0 bridgehead atoms. The number of nitrogens with zero attached hydrogens (tertiary/aromatic N) is 3. The molecule has 1 atom stereocenters. The van der Waals surface area contributed by atoms with Crippen LogP contribution in [-0.4, -0.2) is 53.4 Å². The van der Waals surface area contributed by atoms with Crippen LogP contribution in [0.2, 0.25) is 0 Å². The van der Waals surface area contributed by atoms with E-state index in [2.05, 4.69) is 10.1 Å². The largest absolute Gasteiger partial charge is 0.378 e. The SMILES string of the molecule is CCOC1CC(C(=O)N2CCOCC2c2ncon2)C1. The van der Waals surface area contributed by atoms with E-state index in [1.165, 1.54) is 6.39 Å². The Bertz CT molecular complexity index is 444. The lowest BCUT2D eigenvalue weighted by molar-refractivity contribution is -0.153. The van der Waals surface area contributed by atoms with Crippen LogP contribution in [0.5, 0.6) is 0 Å². The number of carbonyl (C=O) groups excluding carboxylic acids is 1. The Morgan fingerprint density at radius 2 is 2.40 bits per heavy atom. The fourth-order valence-corrected chi connectivity index (χ4v) is 2.78. The number of carbonyl (C=O) groups is 1. The summed E-state index contributed by atoms with van der Waals surface area (Å²) >= 11 is 0. The summed E-state index contributed by atoms with van der Waals surface area (Å²) in [5, 5.41) is 3.84. The lowest BCUT2D eigenvalue weighted by Crippen LogP contribution is -2.50. The van der Waals surface area contributed by atoms with Crippen LogP contribution in [0, 0.1) is 5.92 Å². The van der Waals surface area contributed by atoms with Crippen LogP contribution < -0.4 is 0 Å². The summed E-state index contributed by atoms with van der Waals surface area (Å²) in [5.41, 5.74) is 0. The summed E-state index contributed by atoms with van der Waals surface area (Å²) in [5.74, 6) is 0.719. The van der Waals surface area contributed by atoms with Gasteiger partial charge in [-0.15, -0.1) is 0 Å². The molecule has 0 N–H and O–H groups in total. The summed E-state index contributed by atoms with van der Waals surface area (Å²) in [6.07, 6.45) is 3.13. The maximum absolute atomic E-state index is 12.6. The smallest absolute Gasteiger partial charge is 0.226 e. The van der Waals surface area contributed by atoms with Gasteiger partial charge in [0.15, 0.2) is 5.82 Å². The highest BCUT2D eigenvalue weighted by molar-refractivity contribution is 5.80. The van der Waals surface area contributed by atoms with Crippen LogP contribution in [0.3, 0.4) is 0 Å². The van der Waals surface area contributed by atoms with E-state index in [0.717, 1.165) is 12.8 Å². The summed E-state index contributed by atoms with van der Waals surface area (Å²) in [6, 6.07) is -0.235. The molecule has 1 aliphatic heterocycles. The van der Waals surface area contributed by atoms with Crippen molar-refractivity contribution >= 4 is 5.91 Å². The molecule has 2 aliphatic rings. The van der Waals surface area contributed by atoms with Crippen molar-refractivity contribution in [2.24, 2.45) is 5.92 Å². The van der Waals surface area contributed by atoms with Gasteiger partial charge in [-0.1, -0.05) is 5.16 Å². The quantitative estimate of drug-likeness (QED) is 0.811. The van der Waals surface area contributed by atoms with E-state index in [1.54, 1.807) is 0 Å². The van der Waals surface area contributed by atoms with E-state index in [0.29, 0.717) is 32.2 Å². The number of aromatic nitrogens is 2. The zero-order chi connectivity index (χ0) is 13.9. The van der Waals surface area contributed by atoms with Crippen LogP contribution >= 0.6 is 0 Å². The molecular weight excluding hydrogens is 262 g/mol. The van der Waals surface area contributed by atoms with E-state index in [4.69, 9.17) is 14.0 Å². The third-order valence-electron chi connectivity index (χ3n) is 3.93. The van der Waals surface area contributed by atoms with Gasteiger partial charge in [0.1, 0.15) is 6.04 Å². The van der Waals surface area contributed by atoms with Crippen molar-refractivity contribution in [1.82, 2.24) is 15.0 Å². The second kappa shape index (κ2) is 5.88. The lowest BCUT2D eigenvalue weighted by Gasteiger charge is -2.41. The Kier molecular flexibility index (Phi) is 3.98. The molecule has 110 valence electrons. The molecule has 3 rings (SSSR count). The molecule has 7 heteroatoms. The first-order chi connectivity index (χ1) is 9.79. The van der Waals surface area contributed by atoms with Crippen molar-refractivity contribution in [3.05, 3.63) is 12.2 Å². The molecule has 1 amide bonds. The zero-order valence-electron chi connectivity index (χ0n) is 11.5. The van der Waals surface area contributed by atoms with Crippen LogP contribution in [-0.2, 0) is 14.3 Å². The second-order valence-corrected chi connectivity index (χ2v) is 5.16. The molecular formula is C13H19N3O4. The highest BCUT2D eigenvalue weighted by Crippen LogP contribution is 2.34. The van der Waals surface area contributed by atoms with Crippen LogP contribution in [0.1, 0.15) is 31.6 Å². The van der Waals surface area contributed by atoms with Gasteiger partial charge in [0.2, 0.25) is 12.3 Å². The number of amides is 1. The first-order valence-corrected chi connectivity index (χ1v) is 7.05. The van der Waals surface area contributed by atoms with Gasteiger partial charge < -0.3 is 18.9 Å². The minimum atomic E-state index is -0.235. The average Bonchev–Trinajstić information content (AvgIpc) is 2.96. The van der Waals surface area contributed by atoms with Crippen molar-refractivity contribution < 1.29 is 18.8 Å². The van der Waals surface area contributed by atoms with E-state index in [-0.39, 0.29) is 24.0 Å². The number of hydrogen-bond acceptors (Lipinski definition) is 6. The van der Waals surface area contributed by atoms with E-state index >= 15 is 0 Å². The molecule has 7 nitrogen and oxygen atoms in total. The molecule has 0 radical (unpaired) electrons. The topological polar surface area (TPSA) is 77.7 Å². The Balaban J connectivity index is 1.63. The van der Waals surface area contributed by atoms with Crippen molar-refractivity contribution in [2.75, 3.05) is 26.4 Å². The highest BCUT2D eigenvalue weighted by Gasteiger charge is 2.41. The summed E-state index contributed by atoms with van der Waals surface area (Å²) in [6.45, 7) is 4.24. The second-order valence-electron chi connectivity index (χ2n) is 5.16. The van der Waals surface area contributed by atoms with E-state index < -0.39 is 0 Å². The fourth-order valence-electron chi connectivity index (χ4n) is 2.78. The van der Waals surface area contributed by atoms with Crippen LogP contribution in [0.4, 0.5) is 0 Å². The summed E-state index contributed by atoms with van der Waals surface area (Å²) in [7, 11) is 0. The van der Waals surface area contributed by atoms with Crippen LogP contribution in [0.25, 0.3) is 0 Å². The first kappa shape index (κ1) is 13.5. The third kappa shape index (κ3) is 2.55. The molecule has 1 saturated carbocycles. The van der Waals surface area contributed by atoms with Gasteiger partial charge in [0.25, 0.3) is 0 Å². The van der Waals surface area contributed by atoms with Gasteiger partial charge in [-0.3, -0.25) is 4.79 Å². The predicted molar refractivity (Wildman–Crippen MR) is 67.7 cm³/mol. The Morgan fingerprint density at radius 3 is 3.10 bits per heavy atom. The molecule has 1 aliphatic carbocycles. The number of hydrogen-bond donors (Lipinski definition) is 0. The van der Waals surface area contributed by atoms with E-state index in [9.17, 15) is 4.79 Å². The van der Waals surface area contributed by atoms with Gasteiger partial charge >= 0.3 is 0 Å². The number of rotatable bonds is 4. The molecule has 1 unspecified atom stereocenters. The van der Waals surface area contributed by atoms with Crippen LogP contribution in [0.15, 0.2) is 10.9 Å². The Morgan fingerprint density at radius 1 is 1.55 bits per heavy atom. The maximum Gasteiger partial charge on any atom is 0.226 e. The standard InChI is InChI=1S/C13H19N3O4/c1-2-19-10-5-9(6-10)13(17)16-3-4-18-7-11(16)12-14-8-20-15-12/h8-11H,2-7H2,1H3. The molecule has 1 saturated heterocycles. The third-order valence-corrected chi connectivity index (χ3v) is 3.93. The zero-order valence-corrected chi connectivity index (χ0v) is 11.5. The molecule has 0 aromatic carbocycles. The van der Waals surface area contributed by atoms with Crippen molar-refractivity contribution in [3.63, 3.8) is 0 Å². The van der Waals surface area contributed by atoms with E-state index in [1.807, 2.05) is 11.8 Å². The molecule has 0 spiro atoms. The first-order valence-electron chi connectivity index (χ1n) is 7.05. The van der Waals surface area contributed by atoms with Gasteiger partial charge in [-0.2, -0.15) is 4.98 Å². The number of morpholine rings is 1. The molecule has 1 aromatic heterocycles. The minimum Gasteiger partial charge on any atom is -0.378 e. The lowest BCUT2D eigenvalue weighted by atomic mass is 9.81. The summed E-state index contributed by atoms with van der Waals surface area (Å²) in [4.78, 5) is 18.4.